The van der Waals surface area contributed by atoms with E-state index in [2.05, 4.69) is 5.32 Å². The van der Waals surface area contributed by atoms with Crippen molar-refractivity contribution >= 4 is 11.9 Å². The van der Waals surface area contributed by atoms with Crippen LogP contribution >= 0.6 is 0 Å². The van der Waals surface area contributed by atoms with Crippen LogP contribution in [0.1, 0.15) is 27.0 Å². The van der Waals surface area contributed by atoms with Crippen LogP contribution in [0.4, 0.5) is 0 Å². The first-order valence-electron chi connectivity index (χ1n) is 7.64. The number of rotatable bonds is 6. The molecule has 0 heterocycles. The number of aryl methyl sites for hydroxylation is 2. The number of carbonyl (C=O) groups is 2. The topological polar surface area (TPSA) is 75.6 Å². The molecular weight excluding hydrogens is 306 g/mol. The molecule has 5 heteroatoms. The number of amides is 1. The second-order valence-electron chi connectivity index (χ2n) is 5.79. The Labute approximate surface area is 141 Å². The molecule has 2 aromatic carbocycles. The second kappa shape index (κ2) is 7.64. The minimum Gasteiger partial charge on any atom is -0.497 e. The predicted octanol–water partition coefficient (Wildman–Crippen LogP) is 2.74. The maximum absolute atomic E-state index is 12.4. The Hall–Kier alpha value is -2.82. The number of aliphatic carboxylic acids is 1. The average Bonchev–Trinajstić information content (AvgIpc) is 2.53. The van der Waals surface area contributed by atoms with Crippen LogP contribution in [0.5, 0.6) is 5.75 Å². The van der Waals surface area contributed by atoms with Gasteiger partial charge in [-0.25, -0.2) is 4.79 Å². The average molecular weight is 327 g/mol. The van der Waals surface area contributed by atoms with E-state index < -0.39 is 12.0 Å². The summed E-state index contributed by atoms with van der Waals surface area (Å²) in [6.45, 7) is 3.80. The first-order valence-corrected chi connectivity index (χ1v) is 7.64. The zero-order valence-corrected chi connectivity index (χ0v) is 14.0. The molecule has 2 N–H and O–H groups in total. The van der Waals surface area contributed by atoms with E-state index in [1.165, 1.54) is 0 Å². The fourth-order valence-corrected chi connectivity index (χ4v) is 2.54. The van der Waals surface area contributed by atoms with Crippen molar-refractivity contribution in [3.05, 3.63) is 64.7 Å². The fraction of sp³-hybridized carbons (Fsp3) is 0.263. The van der Waals surface area contributed by atoms with E-state index in [1.807, 2.05) is 19.9 Å². The van der Waals surface area contributed by atoms with Gasteiger partial charge in [0.25, 0.3) is 5.91 Å². The molecule has 1 atom stereocenters. The number of ether oxygens (including phenoxy) is 1. The summed E-state index contributed by atoms with van der Waals surface area (Å²) < 4.78 is 5.08. The van der Waals surface area contributed by atoms with Gasteiger partial charge >= 0.3 is 5.97 Å². The zero-order valence-electron chi connectivity index (χ0n) is 14.0. The van der Waals surface area contributed by atoms with Gasteiger partial charge in [0, 0.05) is 12.0 Å². The lowest BCUT2D eigenvalue weighted by atomic mass is 10.0. The molecule has 0 aliphatic heterocycles. The Balaban J connectivity index is 2.12. The molecule has 0 fully saturated rings. The normalized spacial score (nSPS) is 11.6. The van der Waals surface area contributed by atoms with Crippen molar-refractivity contribution in [3.63, 3.8) is 0 Å². The van der Waals surface area contributed by atoms with Gasteiger partial charge in [-0.3, -0.25) is 4.79 Å². The van der Waals surface area contributed by atoms with Crippen LogP contribution < -0.4 is 10.1 Å². The highest BCUT2D eigenvalue weighted by Crippen LogP contribution is 2.14. The third-order valence-electron chi connectivity index (χ3n) is 3.69. The Morgan fingerprint density at radius 3 is 2.17 bits per heavy atom. The Bertz CT molecular complexity index is 717. The molecule has 0 aliphatic carbocycles. The Morgan fingerprint density at radius 2 is 1.67 bits per heavy atom. The van der Waals surface area contributed by atoms with Crippen LogP contribution in [0, 0.1) is 13.8 Å². The molecule has 0 saturated heterocycles. The number of hydrogen-bond acceptors (Lipinski definition) is 3. The molecule has 2 rings (SSSR count). The lowest BCUT2D eigenvalue weighted by Gasteiger charge is -2.15. The summed E-state index contributed by atoms with van der Waals surface area (Å²) in [4.78, 5) is 23.8. The van der Waals surface area contributed by atoms with Crippen molar-refractivity contribution in [1.82, 2.24) is 5.32 Å². The summed E-state index contributed by atoms with van der Waals surface area (Å²) in [5, 5.41) is 12.0. The van der Waals surface area contributed by atoms with Crippen LogP contribution in [0.3, 0.4) is 0 Å². The van der Waals surface area contributed by atoms with Crippen molar-refractivity contribution in [2.45, 2.75) is 26.3 Å². The summed E-state index contributed by atoms with van der Waals surface area (Å²) >= 11 is 0. The van der Waals surface area contributed by atoms with Crippen molar-refractivity contribution in [1.29, 1.82) is 0 Å². The van der Waals surface area contributed by atoms with Crippen molar-refractivity contribution in [2.75, 3.05) is 7.11 Å². The van der Waals surface area contributed by atoms with Crippen molar-refractivity contribution in [2.24, 2.45) is 0 Å². The second-order valence-corrected chi connectivity index (χ2v) is 5.79. The molecule has 0 spiro atoms. The Morgan fingerprint density at radius 1 is 1.08 bits per heavy atom. The van der Waals surface area contributed by atoms with Crippen LogP contribution in [-0.4, -0.2) is 30.1 Å². The van der Waals surface area contributed by atoms with Gasteiger partial charge in [0.1, 0.15) is 11.8 Å². The summed E-state index contributed by atoms with van der Waals surface area (Å²) in [5.74, 6) is -0.754. The van der Waals surface area contributed by atoms with Crippen LogP contribution in [0.25, 0.3) is 0 Å². The third-order valence-corrected chi connectivity index (χ3v) is 3.69. The monoisotopic (exact) mass is 327 g/mol. The van der Waals surface area contributed by atoms with E-state index in [0.717, 1.165) is 16.7 Å². The molecule has 1 amide bonds. The van der Waals surface area contributed by atoms with Gasteiger partial charge < -0.3 is 15.2 Å². The molecule has 0 bridgehead atoms. The first kappa shape index (κ1) is 17.5. The van der Waals surface area contributed by atoms with Gasteiger partial charge in [0.2, 0.25) is 0 Å². The molecule has 24 heavy (non-hydrogen) atoms. The van der Waals surface area contributed by atoms with E-state index in [4.69, 9.17) is 4.74 Å². The molecule has 0 unspecified atom stereocenters. The highest BCUT2D eigenvalue weighted by Gasteiger charge is 2.21. The molecule has 126 valence electrons. The van der Waals surface area contributed by atoms with Crippen LogP contribution in [-0.2, 0) is 11.2 Å². The maximum Gasteiger partial charge on any atom is 0.326 e. The number of carbonyl (C=O) groups excluding carboxylic acids is 1. The number of hydrogen-bond donors (Lipinski definition) is 2. The quantitative estimate of drug-likeness (QED) is 0.855. The summed E-state index contributed by atoms with van der Waals surface area (Å²) in [5.41, 5.74) is 3.20. The number of carboxylic acids is 1. The van der Waals surface area contributed by atoms with E-state index in [1.54, 1.807) is 43.5 Å². The van der Waals surface area contributed by atoms with Crippen LogP contribution in [0.15, 0.2) is 42.5 Å². The molecule has 0 aliphatic rings. The highest BCUT2D eigenvalue weighted by atomic mass is 16.5. The molecular formula is C19H21NO4. The minimum atomic E-state index is -1.07. The van der Waals surface area contributed by atoms with E-state index in [-0.39, 0.29) is 12.3 Å². The SMILES string of the molecule is COc1ccc(C[C@@H](NC(=O)c2cc(C)cc(C)c2)C(=O)O)cc1. The smallest absolute Gasteiger partial charge is 0.326 e. The van der Waals surface area contributed by atoms with Gasteiger partial charge in [-0.2, -0.15) is 0 Å². The van der Waals surface area contributed by atoms with Gasteiger partial charge in [-0.05, 0) is 43.7 Å². The molecule has 0 saturated carbocycles. The summed E-state index contributed by atoms with van der Waals surface area (Å²) in [7, 11) is 1.57. The first-order chi connectivity index (χ1) is 11.4. The number of carboxylic acid groups (broad SMARTS) is 1. The van der Waals surface area contributed by atoms with E-state index in [9.17, 15) is 14.7 Å². The number of benzene rings is 2. The predicted molar refractivity (Wildman–Crippen MR) is 91.5 cm³/mol. The molecule has 5 nitrogen and oxygen atoms in total. The van der Waals surface area contributed by atoms with E-state index >= 15 is 0 Å². The lowest BCUT2D eigenvalue weighted by Crippen LogP contribution is -2.42. The standard InChI is InChI=1S/C19H21NO4/c1-12-8-13(2)10-15(9-12)18(21)20-17(19(22)23)11-14-4-6-16(24-3)7-5-14/h4-10,17H,11H2,1-3H3,(H,20,21)(H,22,23)/t17-/m1/s1. The zero-order chi connectivity index (χ0) is 17.7. The number of nitrogens with one attached hydrogen (secondary N) is 1. The summed E-state index contributed by atoms with van der Waals surface area (Å²) in [6, 6.07) is 11.6. The molecule has 0 radical (unpaired) electrons. The summed E-state index contributed by atoms with van der Waals surface area (Å²) in [6.07, 6.45) is 0.204. The lowest BCUT2D eigenvalue weighted by molar-refractivity contribution is -0.139. The fourth-order valence-electron chi connectivity index (χ4n) is 2.54. The Kier molecular flexibility index (Phi) is 5.58. The largest absolute Gasteiger partial charge is 0.497 e. The van der Waals surface area contributed by atoms with Crippen molar-refractivity contribution in [3.8, 4) is 5.75 Å². The van der Waals surface area contributed by atoms with Crippen molar-refractivity contribution < 1.29 is 19.4 Å². The van der Waals surface area contributed by atoms with Gasteiger partial charge in [0.15, 0.2) is 0 Å². The molecule has 0 aromatic heterocycles. The van der Waals surface area contributed by atoms with E-state index in [0.29, 0.717) is 11.3 Å². The minimum absolute atomic E-state index is 0.204. The van der Waals surface area contributed by atoms with Gasteiger partial charge in [-0.1, -0.05) is 29.3 Å². The van der Waals surface area contributed by atoms with Gasteiger partial charge in [0.05, 0.1) is 7.11 Å². The van der Waals surface area contributed by atoms with Crippen LogP contribution in [0.2, 0.25) is 0 Å². The third kappa shape index (κ3) is 4.59. The molecule has 2 aromatic rings. The maximum atomic E-state index is 12.4. The van der Waals surface area contributed by atoms with Gasteiger partial charge in [-0.15, -0.1) is 0 Å². The number of methoxy groups -OCH3 is 1. The highest BCUT2D eigenvalue weighted by molar-refractivity contribution is 5.97.